The third-order valence-electron chi connectivity index (χ3n) is 4.99. The summed E-state index contributed by atoms with van der Waals surface area (Å²) in [5.74, 6) is 0.169. The number of nitrogens with zero attached hydrogens (tertiary/aromatic N) is 1. The summed E-state index contributed by atoms with van der Waals surface area (Å²) in [6, 6.07) is 9.53. The maximum atomic E-state index is 14.1. The van der Waals surface area contributed by atoms with Gasteiger partial charge in [0, 0.05) is 24.7 Å². The number of hydrogen-bond acceptors (Lipinski definition) is 5. The van der Waals surface area contributed by atoms with E-state index in [1.807, 2.05) is 25.1 Å². The molecule has 30 heavy (non-hydrogen) atoms. The summed E-state index contributed by atoms with van der Waals surface area (Å²) in [5.41, 5.74) is 0.886. The minimum atomic E-state index is -0.609. The van der Waals surface area contributed by atoms with E-state index in [1.54, 1.807) is 7.11 Å². The number of morpholine rings is 1. The molecule has 0 unspecified atom stereocenters. The third kappa shape index (κ3) is 5.41. The number of nitrogens with one attached hydrogen (secondary N) is 1. The third-order valence-corrected chi connectivity index (χ3v) is 5.22. The number of hydrogen-bond donors (Lipinski definition) is 1. The van der Waals surface area contributed by atoms with Crippen LogP contribution < -0.4 is 14.8 Å². The Morgan fingerprint density at radius 2 is 2.00 bits per heavy atom. The molecule has 1 saturated heterocycles. The molecule has 1 atom stereocenters. The van der Waals surface area contributed by atoms with Crippen LogP contribution in [-0.2, 0) is 4.74 Å². The lowest BCUT2D eigenvalue weighted by Crippen LogP contribution is -2.44. The molecule has 2 aromatic carbocycles. The fourth-order valence-corrected chi connectivity index (χ4v) is 3.64. The molecule has 0 radical (unpaired) electrons. The number of halogens is 2. The Hall–Kier alpha value is -2.35. The van der Waals surface area contributed by atoms with Gasteiger partial charge in [-0.05, 0) is 42.8 Å². The molecule has 0 bridgehead atoms. The molecule has 1 N–H and O–H groups in total. The van der Waals surface area contributed by atoms with Crippen LogP contribution in [0.5, 0.6) is 11.5 Å². The molecule has 1 aliphatic rings. The quantitative estimate of drug-likeness (QED) is 0.684. The monoisotopic (exact) mass is 436 g/mol. The zero-order chi connectivity index (χ0) is 21.5. The molecule has 1 aliphatic heterocycles. The smallest absolute Gasteiger partial charge is 0.254 e. The largest absolute Gasteiger partial charge is 0.493 e. The maximum absolute atomic E-state index is 14.1. The SMILES string of the molecule is CCOc1ccc([C@H](CNC(=O)c2cc(Cl)ccc2F)N2CCOCC2)cc1OC. The van der Waals surface area contributed by atoms with Gasteiger partial charge in [-0.3, -0.25) is 9.69 Å². The van der Waals surface area contributed by atoms with E-state index >= 15 is 0 Å². The molecule has 3 rings (SSSR count). The van der Waals surface area contributed by atoms with Gasteiger partial charge in [-0.15, -0.1) is 0 Å². The topological polar surface area (TPSA) is 60.0 Å². The second-order valence-electron chi connectivity index (χ2n) is 6.84. The summed E-state index contributed by atoms with van der Waals surface area (Å²) < 4.78 is 30.6. The summed E-state index contributed by atoms with van der Waals surface area (Å²) in [5, 5.41) is 3.16. The van der Waals surface area contributed by atoms with Crippen LogP contribution >= 0.6 is 11.6 Å². The molecular weight excluding hydrogens is 411 g/mol. The van der Waals surface area contributed by atoms with E-state index in [0.717, 1.165) is 18.7 Å². The second kappa shape index (κ2) is 10.6. The van der Waals surface area contributed by atoms with Gasteiger partial charge in [0.1, 0.15) is 5.82 Å². The van der Waals surface area contributed by atoms with Crippen LogP contribution in [-0.4, -0.2) is 57.4 Å². The summed E-state index contributed by atoms with van der Waals surface area (Å²) in [4.78, 5) is 14.8. The first kappa shape index (κ1) is 22.3. The van der Waals surface area contributed by atoms with E-state index in [4.69, 9.17) is 25.8 Å². The molecule has 0 saturated carbocycles. The minimum Gasteiger partial charge on any atom is -0.493 e. The predicted octanol–water partition coefficient (Wildman–Crippen LogP) is 3.69. The van der Waals surface area contributed by atoms with Crippen molar-refractivity contribution >= 4 is 17.5 Å². The first-order chi connectivity index (χ1) is 14.5. The highest BCUT2D eigenvalue weighted by molar-refractivity contribution is 6.31. The van der Waals surface area contributed by atoms with Crippen molar-refractivity contribution in [2.75, 3.05) is 46.6 Å². The highest BCUT2D eigenvalue weighted by Gasteiger charge is 2.25. The lowest BCUT2D eigenvalue weighted by Gasteiger charge is -2.35. The fraction of sp³-hybridized carbons (Fsp3) is 0.409. The van der Waals surface area contributed by atoms with Gasteiger partial charge < -0.3 is 19.5 Å². The van der Waals surface area contributed by atoms with E-state index in [2.05, 4.69) is 10.2 Å². The van der Waals surface area contributed by atoms with Crippen LogP contribution in [0.15, 0.2) is 36.4 Å². The van der Waals surface area contributed by atoms with Crippen LogP contribution in [0.25, 0.3) is 0 Å². The molecular formula is C22H26ClFN2O4. The van der Waals surface area contributed by atoms with Gasteiger partial charge in [0.2, 0.25) is 0 Å². The Morgan fingerprint density at radius 1 is 1.23 bits per heavy atom. The van der Waals surface area contributed by atoms with Gasteiger partial charge >= 0.3 is 0 Å². The van der Waals surface area contributed by atoms with E-state index in [-0.39, 0.29) is 11.6 Å². The standard InChI is InChI=1S/C22H26ClFN2O4/c1-3-30-20-7-4-15(12-21(20)28-2)19(26-8-10-29-11-9-26)14-25-22(27)17-13-16(23)5-6-18(17)24/h4-7,12-13,19H,3,8-11,14H2,1-2H3,(H,25,27)/t19-/m0/s1. The van der Waals surface area contributed by atoms with Gasteiger partial charge in [-0.2, -0.15) is 0 Å². The van der Waals surface area contributed by atoms with Crippen molar-refractivity contribution in [2.45, 2.75) is 13.0 Å². The van der Waals surface area contributed by atoms with Gasteiger partial charge in [0.15, 0.2) is 11.5 Å². The number of rotatable bonds is 8. The van der Waals surface area contributed by atoms with Crippen molar-refractivity contribution in [3.63, 3.8) is 0 Å². The summed E-state index contributed by atoms with van der Waals surface area (Å²) in [7, 11) is 1.59. The number of benzene rings is 2. The molecule has 0 aliphatic carbocycles. The van der Waals surface area contributed by atoms with Crippen LogP contribution in [0.4, 0.5) is 4.39 Å². The molecule has 1 heterocycles. The van der Waals surface area contributed by atoms with E-state index in [1.165, 1.54) is 18.2 Å². The average molecular weight is 437 g/mol. The molecule has 162 valence electrons. The number of carbonyl (C=O) groups excluding carboxylic acids is 1. The summed E-state index contributed by atoms with van der Waals surface area (Å²) in [6.07, 6.45) is 0. The number of methoxy groups -OCH3 is 1. The van der Waals surface area contributed by atoms with Crippen molar-refractivity contribution in [2.24, 2.45) is 0 Å². The second-order valence-corrected chi connectivity index (χ2v) is 7.28. The predicted molar refractivity (Wildman–Crippen MR) is 113 cm³/mol. The Bertz CT molecular complexity index is 874. The zero-order valence-electron chi connectivity index (χ0n) is 17.1. The molecule has 0 spiro atoms. The number of carbonyl (C=O) groups is 1. The van der Waals surface area contributed by atoms with Crippen molar-refractivity contribution in [1.29, 1.82) is 0 Å². The highest BCUT2D eigenvalue weighted by atomic mass is 35.5. The van der Waals surface area contributed by atoms with Gasteiger partial charge in [0.25, 0.3) is 5.91 Å². The van der Waals surface area contributed by atoms with Crippen LogP contribution in [0.2, 0.25) is 5.02 Å². The lowest BCUT2D eigenvalue weighted by molar-refractivity contribution is 0.0161. The Kier molecular flexibility index (Phi) is 7.90. The van der Waals surface area contributed by atoms with Crippen LogP contribution in [0.1, 0.15) is 28.9 Å². The molecule has 6 nitrogen and oxygen atoms in total. The molecule has 2 aromatic rings. The average Bonchev–Trinajstić information content (AvgIpc) is 2.77. The Labute approximate surface area is 180 Å². The van der Waals surface area contributed by atoms with Crippen molar-refractivity contribution in [3.8, 4) is 11.5 Å². The Balaban J connectivity index is 1.82. The van der Waals surface area contributed by atoms with Crippen molar-refractivity contribution in [1.82, 2.24) is 10.2 Å². The summed E-state index contributed by atoms with van der Waals surface area (Å²) >= 11 is 5.92. The van der Waals surface area contributed by atoms with Gasteiger partial charge in [-0.25, -0.2) is 4.39 Å². The molecule has 1 fully saturated rings. The van der Waals surface area contributed by atoms with Gasteiger partial charge in [-0.1, -0.05) is 17.7 Å². The van der Waals surface area contributed by atoms with E-state index in [0.29, 0.717) is 42.9 Å². The van der Waals surface area contributed by atoms with E-state index in [9.17, 15) is 9.18 Å². The minimum absolute atomic E-state index is 0.0764. The maximum Gasteiger partial charge on any atom is 0.254 e. The lowest BCUT2D eigenvalue weighted by atomic mass is 10.0. The Morgan fingerprint density at radius 3 is 2.70 bits per heavy atom. The van der Waals surface area contributed by atoms with Crippen molar-refractivity contribution in [3.05, 3.63) is 58.4 Å². The van der Waals surface area contributed by atoms with Crippen LogP contribution in [0.3, 0.4) is 0 Å². The molecule has 1 amide bonds. The van der Waals surface area contributed by atoms with Crippen molar-refractivity contribution < 1.29 is 23.4 Å². The van der Waals surface area contributed by atoms with E-state index < -0.39 is 11.7 Å². The normalized spacial score (nSPS) is 15.5. The summed E-state index contributed by atoms with van der Waals surface area (Å²) in [6.45, 7) is 5.41. The van der Waals surface area contributed by atoms with Gasteiger partial charge in [0.05, 0.1) is 38.5 Å². The first-order valence-electron chi connectivity index (χ1n) is 9.89. The zero-order valence-corrected chi connectivity index (χ0v) is 17.9. The fourth-order valence-electron chi connectivity index (χ4n) is 3.47. The highest BCUT2D eigenvalue weighted by Crippen LogP contribution is 2.32. The molecule has 0 aromatic heterocycles. The molecule has 8 heteroatoms. The first-order valence-corrected chi connectivity index (χ1v) is 10.3. The number of amides is 1. The van der Waals surface area contributed by atoms with Crippen LogP contribution in [0, 0.1) is 5.82 Å². The number of ether oxygens (including phenoxy) is 3.